The lowest BCUT2D eigenvalue weighted by atomic mass is 10.2. The van der Waals surface area contributed by atoms with Crippen molar-refractivity contribution in [3.63, 3.8) is 0 Å². The van der Waals surface area contributed by atoms with Gasteiger partial charge in [0.2, 0.25) is 0 Å². The van der Waals surface area contributed by atoms with Gasteiger partial charge in [-0.05, 0) is 42.7 Å². The number of esters is 1. The lowest BCUT2D eigenvalue weighted by Gasteiger charge is -2.07. The van der Waals surface area contributed by atoms with Crippen molar-refractivity contribution in [2.24, 2.45) is 0 Å². The van der Waals surface area contributed by atoms with Crippen LogP contribution in [0, 0.1) is 0 Å². The highest BCUT2D eigenvalue weighted by molar-refractivity contribution is 9.10. The SMILES string of the molecule is CSc1cccc(NC(=O)COC(=O)c2cccc(Br)c2)c1. The van der Waals surface area contributed by atoms with Gasteiger partial charge in [-0.3, -0.25) is 4.79 Å². The van der Waals surface area contributed by atoms with Crippen LogP contribution in [0.3, 0.4) is 0 Å². The number of thioether (sulfide) groups is 1. The summed E-state index contributed by atoms with van der Waals surface area (Å²) in [6.07, 6.45) is 1.96. The molecule has 114 valence electrons. The van der Waals surface area contributed by atoms with Crippen LogP contribution >= 0.6 is 27.7 Å². The van der Waals surface area contributed by atoms with Crippen molar-refractivity contribution in [3.05, 3.63) is 58.6 Å². The Labute approximate surface area is 141 Å². The molecule has 0 aliphatic heterocycles. The van der Waals surface area contributed by atoms with Crippen LogP contribution in [0.15, 0.2) is 57.9 Å². The number of halogens is 1. The standard InChI is InChI=1S/C16H14BrNO3S/c1-22-14-7-3-6-13(9-14)18-15(19)10-21-16(20)11-4-2-5-12(17)8-11/h2-9H,10H2,1H3,(H,18,19). The molecular weight excluding hydrogens is 366 g/mol. The number of rotatable bonds is 5. The van der Waals surface area contributed by atoms with Crippen molar-refractivity contribution in [3.8, 4) is 0 Å². The van der Waals surface area contributed by atoms with E-state index < -0.39 is 5.97 Å². The number of amides is 1. The zero-order valence-electron chi connectivity index (χ0n) is 11.8. The van der Waals surface area contributed by atoms with E-state index in [4.69, 9.17) is 4.74 Å². The van der Waals surface area contributed by atoms with E-state index in [9.17, 15) is 9.59 Å². The zero-order valence-corrected chi connectivity index (χ0v) is 14.2. The number of carbonyl (C=O) groups excluding carboxylic acids is 2. The molecular formula is C16H14BrNO3S. The first-order valence-electron chi connectivity index (χ1n) is 6.45. The molecule has 2 aromatic rings. The van der Waals surface area contributed by atoms with Crippen molar-refractivity contribution in [2.75, 3.05) is 18.2 Å². The minimum absolute atomic E-state index is 0.325. The fourth-order valence-corrected chi connectivity index (χ4v) is 2.59. The van der Waals surface area contributed by atoms with Crippen LogP contribution in [0.5, 0.6) is 0 Å². The number of hydrogen-bond acceptors (Lipinski definition) is 4. The van der Waals surface area contributed by atoms with Crippen molar-refractivity contribution < 1.29 is 14.3 Å². The molecule has 0 unspecified atom stereocenters. The Morgan fingerprint density at radius 2 is 1.95 bits per heavy atom. The lowest BCUT2D eigenvalue weighted by molar-refractivity contribution is -0.119. The third-order valence-corrected chi connectivity index (χ3v) is 3.97. The Hall–Kier alpha value is -1.79. The van der Waals surface area contributed by atoms with Crippen LogP contribution in [0.4, 0.5) is 5.69 Å². The molecule has 6 heteroatoms. The summed E-state index contributed by atoms with van der Waals surface area (Å²) >= 11 is 4.87. The molecule has 1 N–H and O–H groups in total. The fraction of sp³-hybridized carbons (Fsp3) is 0.125. The van der Waals surface area contributed by atoms with E-state index >= 15 is 0 Å². The first kappa shape index (κ1) is 16.6. The Morgan fingerprint density at radius 1 is 1.18 bits per heavy atom. The van der Waals surface area contributed by atoms with Crippen molar-refractivity contribution >= 4 is 45.3 Å². The highest BCUT2D eigenvalue weighted by Gasteiger charge is 2.10. The molecule has 0 aromatic heterocycles. The Kier molecular flexibility index (Phi) is 6.03. The summed E-state index contributed by atoms with van der Waals surface area (Å²) < 4.78 is 5.77. The maximum absolute atomic E-state index is 11.8. The first-order chi connectivity index (χ1) is 10.6. The molecule has 0 heterocycles. The highest BCUT2D eigenvalue weighted by atomic mass is 79.9. The van der Waals surface area contributed by atoms with Crippen LogP contribution in [-0.4, -0.2) is 24.7 Å². The number of hydrogen-bond donors (Lipinski definition) is 1. The molecule has 2 aromatic carbocycles. The lowest BCUT2D eigenvalue weighted by Crippen LogP contribution is -2.20. The maximum atomic E-state index is 11.8. The second-order valence-corrected chi connectivity index (χ2v) is 6.16. The molecule has 22 heavy (non-hydrogen) atoms. The third kappa shape index (κ3) is 4.89. The van der Waals surface area contributed by atoms with E-state index in [1.807, 2.05) is 30.5 Å². The third-order valence-electron chi connectivity index (χ3n) is 2.75. The number of anilines is 1. The van der Waals surface area contributed by atoms with Gasteiger partial charge in [0.1, 0.15) is 0 Å². The van der Waals surface area contributed by atoms with E-state index in [2.05, 4.69) is 21.2 Å². The molecule has 4 nitrogen and oxygen atoms in total. The highest BCUT2D eigenvalue weighted by Crippen LogP contribution is 2.19. The molecule has 0 atom stereocenters. The molecule has 0 spiro atoms. The topological polar surface area (TPSA) is 55.4 Å². The van der Waals surface area contributed by atoms with Gasteiger partial charge in [-0.1, -0.05) is 28.1 Å². The van der Waals surface area contributed by atoms with E-state index in [1.54, 1.807) is 36.0 Å². The maximum Gasteiger partial charge on any atom is 0.338 e. The van der Waals surface area contributed by atoms with Crippen LogP contribution < -0.4 is 5.32 Å². The van der Waals surface area contributed by atoms with Gasteiger partial charge in [-0.15, -0.1) is 11.8 Å². The number of benzene rings is 2. The molecule has 1 amide bonds. The molecule has 0 radical (unpaired) electrons. The molecule has 0 fully saturated rings. The first-order valence-corrected chi connectivity index (χ1v) is 8.47. The van der Waals surface area contributed by atoms with E-state index in [0.29, 0.717) is 11.3 Å². The normalized spacial score (nSPS) is 10.1. The average molecular weight is 380 g/mol. The quantitative estimate of drug-likeness (QED) is 0.630. The minimum atomic E-state index is -0.533. The number of ether oxygens (including phenoxy) is 1. The summed E-state index contributed by atoms with van der Waals surface area (Å²) in [6, 6.07) is 14.3. The monoisotopic (exact) mass is 379 g/mol. The van der Waals surface area contributed by atoms with Crippen LogP contribution in [0.1, 0.15) is 10.4 Å². The molecule has 0 aliphatic carbocycles. The molecule has 0 aliphatic rings. The Balaban J connectivity index is 1.88. The van der Waals surface area contributed by atoms with Crippen molar-refractivity contribution in [1.29, 1.82) is 0 Å². The summed E-state index contributed by atoms with van der Waals surface area (Å²) in [7, 11) is 0. The molecule has 2 rings (SSSR count). The van der Waals surface area contributed by atoms with Crippen LogP contribution in [0.25, 0.3) is 0 Å². The van der Waals surface area contributed by atoms with Gasteiger partial charge in [0.25, 0.3) is 5.91 Å². The zero-order chi connectivity index (χ0) is 15.9. The van der Waals surface area contributed by atoms with Gasteiger partial charge in [-0.2, -0.15) is 0 Å². The Morgan fingerprint density at radius 3 is 2.68 bits per heavy atom. The van der Waals surface area contributed by atoms with Crippen LogP contribution in [-0.2, 0) is 9.53 Å². The van der Waals surface area contributed by atoms with Gasteiger partial charge in [0.15, 0.2) is 6.61 Å². The van der Waals surface area contributed by atoms with Gasteiger partial charge in [0, 0.05) is 15.1 Å². The van der Waals surface area contributed by atoms with Gasteiger partial charge in [0.05, 0.1) is 5.56 Å². The summed E-state index contributed by atoms with van der Waals surface area (Å²) in [4.78, 5) is 24.7. The summed E-state index contributed by atoms with van der Waals surface area (Å²) in [6.45, 7) is -0.325. The second kappa shape index (κ2) is 8.00. The summed E-state index contributed by atoms with van der Waals surface area (Å²) in [5.41, 5.74) is 1.07. The minimum Gasteiger partial charge on any atom is -0.452 e. The Bertz CT molecular complexity index is 691. The van der Waals surface area contributed by atoms with E-state index in [1.165, 1.54) is 0 Å². The van der Waals surface area contributed by atoms with Crippen molar-refractivity contribution in [1.82, 2.24) is 0 Å². The van der Waals surface area contributed by atoms with Gasteiger partial charge < -0.3 is 10.1 Å². The fourth-order valence-electron chi connectivity index (χ4n) is 1.73. The second-order valence-electron chi connectivity index (χ2n) is 4.37. The van der Waals surface area contributed by atoms with E-state index in [0.717, 1.165) is 9.37 Å². The summed E-state index contributed by atoms with van der Waals surface area (Å²) in [5, 5.41) is 2.70. The average Bonchev–Trinajstić information content (AvgIpc) is 2.52. The summed E-state index contributed by atoms with van der Waals surface area (Å²) in [5.74, 6) is -0.907. The van der Waals surface area contributed by atoms with E-state index in [-0.39, 0.29) is 12.5 Å². The predicted molar refractivity (Wildman–Crippen MR) is 91.3 cm³/mol. The molecule has 0 bridgehead atoms. The molecule has 0 saturated carbocycles. The van der Waals surface area contributed by atoms with Gasteiger partial charge in [-0.25, -0.2) is 4.79 Å². The number of nitrogens with one attached hydrogen (secondary N) is 1. The largest absolute Gasteiger partial charge is 0.452 e. The number of carbonyl (C=O) groups is 2. The van der Waals surface area contributed by atoms with Crippen molar-refractivity contribution in [2.45, 2.75) is 4.90 Å². The smallest absolute Gasteiger partial charge is 0.338 e. The molecule has 0 saturated heterocycles. The van der Waals surface area contributed by atoms with Crippen LogP contribution in [0.2, 0.25) is 0 Å². The van der Waals surface area contributed by atoms with Gasteiger partial charge >= 0.3 is 5.97 Å². The predicted octanol–water partition coefficient (Wildman–Crippen LogP) is 3.97.